The molecule has 2 aromatic rings. The van der Waals surface area contributed by atoms with E-state index in [2.05, 4.69) is 27.4 Å². The highest BCUT2D eigenvalue weighted by Gasteiger charge is 2.29. The van der Waals surface area contributed by atoms with Crippen molar-refractivity contribution in [3.05, 3.63) is 51.0 Å². The van der Waals surface area contributed by atoms with Crippen molar-refractivity contribution in [2.75, 3.05) is 6.54 Å². The molecule has 1 fully saturated rings. The lowest BCUT2D eigenvalue weighted by Gasteiger charge is -2.22. The van der Waals surface area contributed by atoms with Gasteiger partial charge in [-0.1, -0.05) is 6.07 Å². The minimum Gasteiger partial charge on any atom is -0.450 e. The second-order valence-electron chi connectivity index (χ2n) is 4.68. The van der Waals surface area contributed by atoms with Crippen LogP contribution in [0.25, 0.3) is 6.08 Å². The van der Waals surface area contributed by atoms with E-state index < -0.39 is 0 Å². The SMILES string of the molecule is O=C(/C=C/c1ccc(Br)o1)N1CCC[C@H]1c1cccs1. The van der Waals surface area contributed by atoms with E-state index in [0.717, 1.165) is 19.4 Å². The molecule has 0 radical (unpaired) electrons. The van der Waals surface area contributed by atoms with Crippen LogP contribution in [0.3, 0.4) is 0 Å². The van der Waals surface area contributed by atoms with Gasteiger partial charge in [0, 0.05) is 17.5 Å². The van der Waals surface area contributed by atoms with Gasteiger partial charge in [0.05, 0.1) is 6.04 Å². The number of halogens is 1. The first-order chi connectivity index (χ1) is 9.74. The van der Waals surface area contributed by atoms with Crippen molar-refractivity contribution in [3.63, 3.8) is 0 Å². The summed E-state index contributed by atoms with van der Waals surface area (Å²) in [5, 5.41) is 2.06. The lowest BCUT2D eigenvalue weighted by molar-refractivity contribution is -0.126. The molecule has 3 rings (SSSR count). The van der Waals surface area contributed by atoms with Gasteiger partial charge in [-0.2, -0.15) is 0 Å². The van der Waals surface area contributed by atoms with Crippen LogP contribution < -0.4 is 0 Å². The highest BCUT2D eigenvalue weighted by molar-refractivity contribution is 9.10. The zero-order valence-corrected chi connectivity index (χ0v) is 13.2. The fourth-order valence-electron chi connectivity index (χ4n) is 2.47. The molecule has 0 N–H and O–H groups in total. The van der Waals surface area contributed by atoms with Gasteiger partial charge in [0.15, 0.2) is 4.67 Å². The van der Waals surface area contributed by atoms with Crippen molar-refractivity contribution in [1.29, 1.82) is 0 Å². The third kappa shape index (κ3) is 2.88. The molecule has 5 heteroatoms. The average Bonchev–Trinajstić information content (AvgIpc) is 3.16. The Morgan fingerprint density at radius 2 is 2.35 bits per heavy atom. The summed E-state index contributed by atoms with van der Waals surface area (Å²) in [6, 6.07) is 8.02. The zero-order chi connectivity index (χ0) is 13.9. The van der Waals surface area contributed by atoms with Crippen molar-refractivity contribution in [2.24, 2.45) is 0 Å². The predicted octanol–water partition coefficient (Wildman–Crippen LogP) is 4.48. The quantitative estimate of drug-likeness (QED) is 0.763. The third-order valence-electron chi connectivity index (χ3n) is 3.39. The molecule has 20 heavy (non-hydrogen) atoms. The summed E-state index contributed by atoms with van der Waals surface area (Å²) in [6.07, 6.45) is 5.43. The van der Waals surface area contributed by atoms with Crippen molar-refractivity contribution in [1.82, 2.24) is 4.90 Å². The molecule has 1 saturated heterocycles. The van der Waals surface area contributed by atoms with Gasteiger partial charge in [0.25, 0.3) is 0 Å². The molecular formula is C15H14BrNO2S. The number of furan rings is 1. The fourth-order valence-corrected chi connectivity index (χ4v) is 3.67. The van der Waals surface area contributed by atoms with Gasteiger partial charge >= 0.3 is 0 Å². The van der Waals surface area contributed by atoms with Crippen LogP contribution in [0.2, 0.25) is 0 Å². The molecule has 3 heterocycles. The maximum atomic E-state index is 12.3. The Labute approximate surface area is 130 Å². The Hall–Kier alpha value is -1.33. The van der Waals surface area contributed by atoms with Gasteiger partial charge in [-0.25, -0.2) is 0 Å². The van der Waals surface area contributed by atoms with Crippen LogP contribution in [0.1, 0.15) is 29.5 Å². The Balaban J connectivity index is 1.71. The predicted molar refractivity (Wildman–Crippen MR) is 83.4 cm³/mol. The third-order valence-corrected chi connectivity index (χ3v) is 4.79. The number of nitrogens with zero attached hydrogens (tertiary/aromatic N) is 1. The van der Waals surface area contributed by atoms with E-state index in [0.29, 0.717) is 10.4 Å². The van der Waals surface area contributed by atoms with E-state index in [9.17, 15) is 4.79 Å². The van der Waals surface area contributed by atoms with Crippen molar-refractivity contribution >= 4 is 39.2 Å². The van der Waals surface area contributed by atoms with Crippen LogP contribution in [0.15, 0.2) is 44.8 Å². The maximum absolute atomic E-state index is 12.3. The van der Waals surface area contributed by atoms with E-state index in [4.69, 9.17) is 4.42 Å². The van der Waals surface area contributed by atoms with Crippen LogP contribution in [-0.2, 0) is 4.79 Å². The Kier molecular flexibility index (Phi) is 4.08. The molecule has 104 valence electrons. The minimum atomic E-state index is 0.0495. The van der Waals surface area contributed by atoms with Crippen molar-refractivity contribution in [2.45, 2.75) is 18.9 Å². The van der Waals surface area contributed by atoms with Crippen molar-refractivity contribution in [3.8, 4) is 0 Å². The number of hydrogen-bond acceptors (Lipinski definition) is 3. The Bertz CT molecular complexity index is 618. The summed E-state index contributed by atoms with van der Waals surface area (Å²) >= 11 is 4.96. The summed E-state index contributed by atoms with van der Waals surface area (Å²) in [4.78, 5) is 15.5. The molecule has 0 aliphatic carbocycles. The van der Waals surface area contributed by atoms with Gasteiger partial charge in [-0.05, 0) is 58.4 Å². The molecule has 0 saturated carbocycles. The maximum Gasteiger partial charge on any atom is 0.247 e. The van der Waals surface area contributed by atoms with E-state index in [1.165, 1.54) is 4.88 Å². The molecule has 1 amide bonds. The molecule has 1 aliphatic rings. The number of hydrogen-bond donors (Lipinski definition) is 0. The Morgan fingerprint density at radius 3 is 3.05 bits per heavy atom. The second-order valence-corrected chi connectivity index (χ2v) is 6.44. The normalized spacial score (nSPS) is 19.1. The molecular weight excluding hydrogens is 338 g/mol. The summed E-state index contributed by atoms with van der Waals surface area (Å²) < 4.78 is 6.03. The molecule has 1 atom stereocenters. The lowest BCUT2D eigenvalue weighted by atomic mass is 10.2. The van der Waals surface area contributed by atoms with Gasteiger partial charge in [0.2, 0.25) is 5.91 Å². The summed E-state index contributed by atoms with van der Waals surface area (Å²) in [5.74, 6) is 0.727. The number of thiophene rings is 1. The summed E-state index contributed by atoms with van der Waals surface area (Å²) in [6.45, 7) is 0.827. The number of amides is 1. The van der Waals surface area contributed by atoms with Crippen LogP contribution in [-0.4, -0.2) is 17.4 Å². The van der Waals surface area contributed by atoms with Crippen LogP contribution in [0.4, 0.5) is 0 Å². The van der Waals surface area contributed by atoms with Gasteiger partial charge < -0.3 is 9.32 Å². The Morgan fingerprint density at radius 1 is 1.45 bits per heavy atom. The average molecular weight is 352 g/mol. The largest absolute Gasteiger partial charge is 0.450 e. The topological polar surface area (TPSA) is 33.5 Å². The first-order valence-electron chi connectivity index (χ1n) is 6.51. The molecule has 0 bridgehead atoms. The van der Waals surface area contributed by atoms with Gasteiger partial charge in [-0.3, -0.25) is 4.79 Å². The zero-order valence-electron chi connectivity index (χ0n) is 10.8. The van der Waals surface area contributed by atoms with E-state index in [-0.39, 0.29) is 11.9 Å². The highest BCUT2D eigenvalue weighted by Crippen LogP contribution is 2.34. The van der Waals surface area contributed by atoms with Crippen LogP contribution in [0, 0.1) is 0 Å². The summed E-state index contributed by atoms with van der Waals surface area (Å²) in [7, 11) is 0. The number of rotatable bonds is 3. The minimum absolute atomic E-state index is 0.0495. The molecule has 0 spiro atoms. The smallest absolute Gasteiger partial charge is 0.247 e. The van der Waals surface area contributed by atoms with E-state index in [1.807, 2.05) is 23.1 Å². The fraction of sp³-hybridized carbons (Fsp3) is 0.267. The number of likely N-dealkylation sites (tertiary alicyclic amines) is 1. The van der Waals surface area contributed by atoms with Crippen molar-refractivity contribution < 1.29 is 9.21 Å². The second kappa shape index (κ2) is 5.97. The number of carbonyl (C=O) groups excluding carboxylic acids is 1. The standard InChI is InChI=1S/C15H14BrNO2S/c16-14-7-5-11(19-14)6-8-15(18)17-9-1-3-12(17)13-4-2-10-20-13/h2,4-8,10,12H,1,3,9H2/b8-6+/t12-/m0/s1. The molecule has 0 aromatic carbocycles. The van der Waals surface area contributed by atoms with Crippen LogP contribution >= 0.6 is 27.3 Å². The van der Waals surface area contributed by atoms with Gasteiger partial charge in [0.1, 0.15) is 5.76 Å². The van der Waals surface area contributed by atoms with Crippen LogP contribution in [0.5, 0.6) is 0 Å². The first-order valence-corrected chi connectivity index (χ1v) is 8.19. The highest BCUT2D eigenvalue weighted by atomic mass is 79.9. The summed E-state index contributed by atoms with van der Waals surface area (Å²) in [5.41, 5.74) is 0. The molecule has 3 nitrogen and oxygen atoms in total. The molecule has 2 aromatic heterocycles. The van der Waals surface area contributed by atoms with Gasteiger partial charge in [-0.15, -0.1) is 11.3 Å². The first kappa shape index (κ1) is 13.6. The lowest BCUT2D eigenvalue weighted by Crippen LogP contribution is -2.28. The monoisotopic (exact) mass is 351 g/mol. The molecule has 1 aliphatic heterocycles. The molecule has 0 unspecified atom stereocenters. The number of carbonyl (C=O) groups is 1. The van der Waals surface area contributed by atoms with E-state index >= 15 is 0 Å². The van der Waals surface area contributed by atoms with E-state index in [1.54, 1.807) is 23.5 Å².